The highest BCUT2D eigenvalue weighted by Gasteiger charge is 2.08. The minimum Gasteiger partial charge on any atom is -0.478 e. The van der Waals surface area contributed by atoms with E-state index in [4.69, 9.17) is 5.11 Å². The lowest BCUT2D eigenvalue weighted by molar-refractivity contribution is 0.0696. The van der Waals surface area contributed by atoms with Crippen LogP contribution in [-0.2, 0) is 6.42 Å². The average Bonchev–Trinajstić information content (AvgIpc) is 2.07. The first-order valence-electron chi connectivity index (χ1n) is 4.69. The molecule has 1 aromatic rings. The van der Waals surface area contributed by atoms with Gasteiger partial charge in [-0.05, 0) is 30.9 Å². The summed E-state index contributed by atoms with van der Waals surface area (Å²) in [7, 11) is 0. The van der Waals surface area contributed by atoms with E-state index in [2.05, 4.69) is 18.8 Å². The second kappa shape index (κ2) is 4.22. The number of carboxylic acid groups (broad SMARTS) is 1. The van der Waals surface area contributed by atoms with E-state index in [9.17, 15) is 4.79 Å². The fourth-order valence-corrected chi connectivity index (χ4v) is 1.34. The van der Waals surface area contributed by atoms with Crippen LogP contribution >= 0.6 is 0 Å². The maximum absolute atomic E-state index is 10.7. The molecule has 0 aliphatic heterocycles. The molecular formula is C11H15NO2. The van der Waals surface area contributed by atoms with E-state index in [0.29, 0.717) is 5.92 Å². The number of aromatic nitrogens is 1. The molecule has 3 heteroatoms. The van der Waals surface area contributed by atoms with Crippen molar-refractivity contribution in [1.82, 2.24) is 4.98 Å². The number of rotatable bonds is 3. The van der Waals surface area contributed by atoms with E-state index in [0.717, 1.165) is 17.7 Å². The lowest BCUT2D eigenvalue weighted by Crippen LogP contribution is -2.04. The van der Waals surface area contributed by atoms with E-state index < -0.39 is 5.97 Å². The Balaban J connectivity index is 3.02. The van der Waals surface area contributed by atoms with Crippen molar-refractivity contribution >= 4 is 5.97 Å². The minimum atomic E-state index is -0.914. The van der Waals surface area contributed by atoms with Crippen LogP contribution in [0.15, 0.2) is 12.3 Å². The number of pyridine rings is 1. The average molecular weight is 193 g/mol. The fourth-order valence-electron chi connectivity index (χ4n) is 1.34. The molecule has 0 unspecified atom stereocenters. The second-order valence-electron chi connectivity index (χ2n) is 3.87. The van der Waals surface area contributed by atoms with E-state index in [-0.39, 0.29) is 5.56 Å². The zero-order chi connectivity index (χ0) is 10.7. The molecule has 0 aliphatic rings. The Morgan fingerprint density at radius 2 is 2.21 bits per heavy atom. The molecule has 0 fully saturated rings. The molecule has 0 spiro atoms. The van der Waals surface area contributed by atoms with Crippen molar-refractivity contribution in [3.63, 3.8) is 0 Å². The lowest BCUT2D eigenvalue weighted by atomic mass is 10.0. The molecular weight excluding hydrogens is 178 g/mol. The fraction of sp³-hybridized carbons (Fsp3) is 0.455. The largest absolute Gasteiger partial charge is 0.478 e. The molecule has 3 nitrogen and oxygen atoms in total. The van der Waals surface area contributed by atoms with E-state index in [1.165, 1.54) is 6.20 Å². The Morgan fingerprint density at radius 3 is 2.71 bits per heavy atom. The number of aryl methyl sites for hydroxylation is 1. The van der Waals surface area contributed by atoms with Crippen LogP contribution in [0.5, 0.6) is 0 Å². The Morgan fingerprint density at radius 1 is 1.57 bits per heavy atom. The van der Waals surface area contributed by atoms with Gasteiger partial charge >= 0.3 is 5.97 Å². The summed E-state index contributed by atoms with van der Waals surface area (Å²) in [6.07, 6.45) is 2.28. The van der Waals surface area contributed by atoms with Gasteiger partial charge in [0.2, 0.25) is 0 Å². The number of carbonyl (C=O) groups is 1. The summed E-state index contributed by atoms with van der Waals surface area (Å²) < 4.78 is 0. The summed E-state index contributed by atoms with van der Waals surface area (Å²) in [5.41, 5.74) is 2.22. The zero-order valence-corrected chi connectivity index (χ0v) is 8.74. The van der Waals surface area contributed by atoms with Crippen LogP contribution in [0.1, 0.15) is 35.5 Å². The topological polar surface area (TPSA) is 50.2 Å². The van der Waals surface area contributed by atoms with Gasteiger partial charge in [0.05, 0.1) is 5.56 Å². The minimum absolute atomic E-state index is 0.270. The third kappa shape index (κ3) is 2.55. The molecule has 0 saturated carbocycles. The summed E-state index contributed by atoms with van der Waals surface area (Å²) >= 11 is 0. The van der Waals surface area contributed by atoms with Gasteiger partial charge in [0.25, 0.3) is 0 Å². The first kappa shape index (κ1) is 10.7. The van der Waals surface area contributed by atoms with Crippen LogP contribution < -0.4 is 0 Å². The molecule has 1 N–H and O–H groups in total. The standard InChI is InChI=1S/C11H15NO2/c1-7(2)4-9-5-10(11(13)14)6-12-8(9)3/h5-7H,4H2,1-3H3,(H,13,14). The summed E-state index contributed by atoms with van der Waals surface area (Å²) in [4.78, 5) is 14.8. The lowest BCUT2D eigenvalue weighted by Gasteiger charge is -2.08. The summed E-state index contributed by atoms with van der Waals surface area (Å²) in [5.74, 6) is -0.401. The van der Waals surface area contributed by atoms with Crippen molar-refractivity contribution in [2.24, 2.45) is 5.92 Å². The van der Waals surface area contributed by atoms with Crippen LogP contribution in [0.2, 0.25) is 0 Å². The third-order valence-electron chi connectivity index (χ3n) is 2.07. The van der Waals surface area contributed by atoms with Crippen molar-refractivity contribution in [1.29, 1.82) is 0 Å². The van der Waals surface area contributed by atoms with Crippen LogP contribution in [0.3, 0.4) is 0 Å². The van der Waals surface area contributed by atoms with Crippen LogP contribution in [0, 0.1) is 12.8 Å². The van der Waals surface area contributed by atoms with Gasteiger partial charge in [-0.2, -0.15) is 0 Å². The molecule has 14 heavy (non-hydrogen) atoms. The summed E-state index contributed by atoms with van der Waals surface area (Å²) in [6, 6.07) is 1.71. The first-order valence-corrected chi connectivity index (χ1v) is 4.69. The molecule has 1 rings (SSSR count). The molecule has 0 amide bonds. The molecule has 0 bridgehead atoms. The first-order chi connectivity index (χ1) is 6.50. The number of nitrogens with zero attached hydrogens (tertiary/aromatic N) is 1. The van der Waals surface area contributed by atoms with E-state index in [1.54, 1.807) is 6.07 Å². The van der Waals surface area contributed by atoms with E-state index in [1.807, 2.05) is 6.92 Å². The van der Waals surface area contributed by atoms with Gasteiger partial charge in [-0.3, -0.25) is 4.98 Å². The van der Waals surface area contributed by atoms with Crippen LogP contribution in [-0.4, -0.2) is 16.1 Å². The predicted octanol–water partition coefficient (Wildman–Crippen LogP) is 2.29. The van der Waals surface area contributed by atoms with Crippen LogP contribution in [0.25, 0.3) is 0 Å². The normalized spacial score (nSPS) is 10.6. The van der Waals surface area contributed by atoms with Gasteiger partial charge in [-0.15, -0.1) is 0 Å². The summed E-state index contributed by atoms with van der Waals surface area (Å²) in [5, 5.41) is 8.79. The van der Waals surface area contributed by atoms with Crippen molar-refractivity contribution in [2.75, 3.05) is 0 Å². The van der Waals surface area contributed by atoms with Gasteiger partial charge in [0.1, 0.15) is 0 Å². The monoisotopic (exact) mass is 193 g/mol. The number of hydrogen-bond donors (Lipinski definition) is 1. The highest BCUT2D eigenvalue weighted by Crippen LogP contribution is 2.13. The maximum Gasteiger partial charge on any atom is 0.337 e. The van der Waals surface area contributed by atoms with Crippen molar-refractivity contribution < 1.29 is 9.90 Å². The quantitative estimate of drug-likeness (QED) is 0.801. The van der Waals surface area contributed by atoms with Gasteiger partial charge in [-0.1, -0.05) is 13.8 Å². The maximum atomic E-state index is 10.7. The Hall–Kier alpha value is -1.38. The molecule has 0 radical (unpaired) electrons. The van der Waals surface area contributed by atoms with Gasteiger partial charge in [0, 0.05) is 11.9 Å². The van der Waals surface area contributed by atoms with Gasteiger partial charge in [-0.25, -0.2) is 4.79 Å². The highest BCUT2D eigenvalue weighted by molar-refractivity contribution is 5.87. The Labute approximate surface area is 83.8 Å². The SMILES string of the molecule is Cc1ncc(C(=O)O)cc1CC(C)C. The smallest absolute Gasteiger partial charge is 0.337 e. The number of hydrogen-bond acceptors (Lipinski definition) is 2. The van der Waals surface area contributed by atoms with Crippen molar-refractivity contribution in [2.45, 2.75) is 27.2 Å². The Kier molecular flexibility index (Phi) is 3.23. The third-order valence-corrected chi connectivity index (χ3v) is 2.07. The summed E-state index contributed by atoms with van der Waals surface area (Å²) in [6.45, 7) is 6.11. The number of carboxylic acids is 1. The van der Waals surface area contributed by atoms with Crippen LogP contribution in [0.4, 0.5) is 0 Å². The van der Waals surface area contributed by atoms with Gasteiger partial charge < -0.3 is 5.11 Å². The molecule has 0 atom stereocenters. The molecule has 0 aromatic carbocycles. The molecule has 0 aliphatic carbocycles. The molecule has 1 heterocycles. The van der Waals surface area contributed by atoms with Crippen molar-refractivity contribution in [3.05, 3.63) is 29.1 Å². The molecule has 0 saturated heterocycles. The molecule has 1 aromatic heterocycles. The van der Waals surface area contributed by atoms with Crippen molar-refractivity contribution in [3.8, 4) is 0 Å². The highest BCUT2D eigenvalue weighted by atomic mass is 16.4. The van der Waals surface area contributed by atoms with Gasteiger partial charge in [0.15, 0.2) is 0 Å². The van der Waals surface area contributed by atoms with E-state index >= 15 is 0 Å². The molecule has 76 valence electrons. The zero-order valence-electron chi connectivity index (χ0n) is 8.74. The predicted molar refractivity (Wildman–Crippen MR) is 54.5 cm³/mol. The Bertz CT molecular complexity index is 345. The number of aromatic carboxylic acids is 1. The second-order valence-corrected chi connectivity index (χ2v) is 3.87.